The number of benzene rings is 1. The van der Waals surface area contributed by atoms with E-state index < -0.39 is 0 Å². The van der Waals surface area contributed by atoms with Gasteiger partial charge in [-0.05, 0) is 36.4 Å². The molecule has 0 aliphatic heterocycles. The maximum Gasteiger partial charge on any atom is 0.258 e. The van der Waals surface area contributed by atoms with Gasteiger partial charge in [-0.3, -0.25) is 4.79 Å². The molecule has 17 heavy (non-hydrogen) atoms. The molecular weight excluding hydrogens is 212 g/mol. The number of aryl methyl sites for hydroxylation is 1. The van der Waals surface area contributed by atoms with Crippen LogP contribution in [0.3, 0.4) is 0 Å². The van der Waals surface area contributed by atoms with Crippen LogP contribution in [0.1, 0.15) is 25.5 Å². The highest BCUT2D eigenvalue weighted by Crippen LogP contribution is 2.14. The lowest BCUT2D eigenvalue weighted by Gasteiger charge is -2.13. The molecule has 0 aliphatic carbocycles. The number of pyridine rings is 1. The number of fused-ring (bicyclic) bond motifs is 1. The predicted octanol–water partition coefficient (Wildman–Crippen LogP) is 2.08. The highest BCUT2D eigenvalue weighted by atomic mass is 16.1. The second-order valence-corrected chi connectivity index (χ2v) is 4.39. The average molecular weight is 230 g/mol. The molecule has 1 atom stereocenters. The van der Waals surface area contributed by atoms with Crippen LogP contribution >= 0.6 is 0 Å². The Balaban J connectivity index is 2.65. The van der Waals surface area contributed by atoms with Gasteiger partial charge in [0.2, 0.25) is 0 Å². The van der Waals surface area contributed by atoms with Crippen molar-refractivity contribution in [3.8, 4) is 0 Å². The number of rotatable bonds is 3. The summed E-state index contributed by atoms with van der Waals surface area (Å²) in [6.07, 6.45) is 2.82. The first-order chi connectivity index (χ1) is 8.17. The Hall–Kier alpha value is -1.61. The van der Waals surface area contributed by atoms with E-state index in [1.54, 1.807) is 4.57 Å². The third-order valence-electron chi connectivity index (χ3n) is 3.22. The van der Waals surface area contributed by atoms with Gasteiger partial charge < -0.3 is 10.3 Å². The largest absolute Gasteiger partial charge is 0.328 e. The van der Waals surface area contributed by atoms with E-state index in [0.29, 0.717) is 6.54 Å². The van der Waals surface area contributed by atoms with E-state index in [0.717, 1.165) is 17.2 Å². The maximum atomic E-state index is 12.2. The minimum Gasteiger partial charge on any atom is -0.328 e. The Kier molecular flexibility index (Phi) is 3.29. The van der Waals surface area contributed by atoms with Crippen LogP contribution in [-0.4, -0.2) is 11.1 Å². The molecule has 0 saturated heterocycles. The zero-order chi connectivity index (χ0) is 12.4. The van der Waals surface area contributed by atoms with Crippen LogP contribution in [-0.2, 0) is 6.42 Å². The number of hydrogen-bond donors (Lipinski definition) is 1. The molecule has 1 aromatic heterocycles. The Morgan fingerprint density at radius 2 is 2.12 bits per heavy atom. The fraction of sp³-hybridized carbons (Fsp3) is 0.357. The third-order valence-corrected chi connectivity index (χ3v) is 3.22. The zero-order valence-electron chi connectivity index (χ0n) is 10.3. The highest BCUT2D eigenvalue weighted by Gasteiger charge is 2.07. The minimum absolute atomic E-state index is 0.0396. The Morgan fingerprint density at radius 1 is 1.35 bits per heavy atom. The molecule has 0 radical (unpaired) electrons. The molecule has 1 aromatic carbocycles. The van der Waals surface area contributed by atoms with Crippen LogP contribution in [0.25, 0.3) is 10.8 Å². The molecule has 0 amide bonds. The Bertz CT molecular complexity index is 586. The second-order valence-electron chi connectivity index (χ2n) is 4.39. The van der Waals surface area contributed by atoms with Gasteiger partial charge in [-0.25, -0.2) is 0 Å². The van der Waals surface area contributed by atoms with Crippen LogP contribution in [0.5, 0.6) is 0 Å². The standard InChI is InChI=1S/C14H18N2O/c1-3-11-4-5-13-12(8-11)6-7-16(14(13)17)10(2)9-15/h4-8,10H,3,9,15H2,1-2H3. The number of nitrogens with zero attached hydrogens (tertiary/aromatic N) is 1. The summed E-state index contributed by atoms with van der Waals surface area (Å²) in [7, 11) is 0. The maximum absolute atomic E-state index is 12.2. The molecule has 2 rings (SSSR count). The first-order valence-corrected chi connectivity index (χ1v) is 6.01. The summed E-state index contributed by atoms with van der Waals surface area (Å²) in [5.41, 5.74) is 6.90. The monoisotopic (exact) mass is 230 g/mol. The van der Waals surface area contributed by atoms with Crippen molar-refractivity contribution in [1.82, 2.24) is 4.57 Å². The third kappa shape index (κ3) is 2.11. The van der Waals surface area contributed by atoms with Gasteiger partial charge in [0, 0.05) is 24.2 Å². The van der Waals surface area contributed by atoms with Gasteiger partial charge in [0.15, 0.2) is 0 Å². The second kappa shape index (κ2) is 4.72. The van der Waals surface area contributed by atoms with Crippen molar-refractivity contribution in [1.29, 1.82) is 0 Å². The van der Waals surface area contributed by atoms with E-state index in [2.05, 4.69) is 13.0 Å². The lowest BCUT2D eigenvalue weighted by Crippen LogP contribution is -2.27. The summed E-state index contributed by atoms with van der Waals surface area (Å²) < 4.78 is 1.70. The lowest BCUT2D eigenvalue weighted by molar-refractivity contribution is 0.543. The number of nitrogens with two attached hydrogens (primary N) is 1. The fourth-order valence-corrected chi connectivity index (χ4v) is 1.99. The molecule has 3 heteroatoms. The van der Waals surface area contributed by atoms with Crippen LogP contribution in [0.4, 0.5) is 0 Å². The normalized spacial score (nSPS) is 12.9. The van der Waals surface area contributed by atoms with Gasteiger partial charge in [-0.15, -0.1) is 0 Å². The van der Waals surface area contributed by atoms with Crippen LogP contribution in [0.15, 0.2) is 35.3 Å². The summed E-state index contributed by atoms with van der Waals surface area (Å²) in [5, 5.41) is 1.78. The SMILES string of the molecule is CCc1ccc2c(=O)n(C(C)CN)ccc2c1. The molecule has 0 fully saturated rings. The molecule has 0 bridgehead atoms. The number of aromatic nitrogens is 1. The van der Waals surface area contributed by atoms with E-state index in [4.69, 9.17) is 5.73 Å². The first-order valence-electron chi connectivity index (χ1n) is 6.01. The first kappa shape index (κ1) is 11.9. The quantitative estimate of drug-likeness (QED) is 0.877. The van der Waals surface area contributed by atoms with Gasteiger partial charge >= 0.3 is 0 Å². The van der Waals surface area contributed by atoms with Crippen molar-refractivity contribution in [2.24, 2.45) is 5.73 Å². The number of hydrogen-bond acceptors (Lipinski definition) is 2. The van der Waals surface area contributed by atoms with Crippen molar-refractivity contribution >= 4 is 10.8 Å². The van der Waals surface area contributed by atoms with E-state index in [-0.39, 0.29) is 11.6 Å². The van der Waals surface area contributed by atoms with Crippen LogP contribution in [0.2, 0.25) is 0 Å². The van der Waals surface area contributed by atoms with Gasteiger partial charge in [0.25, 0.3) is 5.56 Å². The molecule has 2 N–H and O–H groups in total. The van der Waals surface area contributed by atoms with E-state index >= 15 is 0 Å². The fourth-order valence-electron chi connectivity index (χ4n) is 1.99. The topological polar surface area (TPSA) is 48.0 Å². The van der Waals surface area contributed by atoms with Crippen molar-refractivity contribution in [3.05, 3.63) is 46.4 Å². The average Bonchev–Trinajstić information content (AvgIpc) is 2.38. The summed E-state index contributed by atoms with van der Waals surface area (Å²) in [4.78, 5) is 12.2. The smallest absolute Gasteiger partial charge is 0.258 e. The lowest BCUT2D eigenvalue weighted by atomic mass is 10.1. The molecule has 0 aliphatic rings. The summed E-state index contributed by atoms with van der Waals surface area (Å²) >= 11 is 0. The molecule has 1 heterocycles. The summed E-state index contributed by atoms with van der Waals surface area (Å²) in [6, 6.07) is 8.03. The van der Waals surface area contributed by atoms with Gasteiger partial charge in [-0.1, -0.05) is 19.1 Å². The van der Waals surface area contributed by atoms with Crippen molar-refractivity contribution < 1.29 is 0 Å². The zero-order valence-corrected chi connectivity index (χ0v) is 10.3. The van der Waals surface area contributed by atoms with Gasteiger partial charge in [0.1, 0.15) is 0 Å². The van der Waals surface area contributed by atoms with Crippen molar-refractivity contribution in [2.45, 2.75) is 26.3 Å². The van der Waals surface area contributed by atoms with Gasteiger partial charge in [-0.2, -0.15) is 0 Å². The Labute approximate surface area is 101 Å². The summed E-state index contributed by atoms with van der Waals surface area (Å²) in [6.45, 7) is 4.53. The molecule has 0 spiro atoms. The molecule has 90 valence electrons. The van der Waals surface area contributed by atoms with Gasteiger partial charge in [0.05, 0.1) is 0 Å². The van der Waals surface area contributed by atoms with Crippen molar-refractivity contribution in [3.63, 3.8) is 0 Å². The summed E-state index contributed by atoms with van der Waals surface area (Å²) in [5.74, 6) is 0. The predicted molar refractivity (Wildman–Crippen MR) is 71.4 cm³/mol. The highest BCUT2D eigenvalue weighted by molar-refractivity contribution is 5.82. The van der Waals surface area contributed by atoms with E-state index in [1.807, 2.05) is 31.3 Å². The Morgan fingerprint density at radius 3 is 2.76 bits per heavy atom. The molecular formula is C14H18N2O. The van der Waals surface area contributed by atoms with Crippen LogP contribution < -0.4 is 11.3 Å². The molecule has 0 saturated carbocycles. The van der Waals surface area contributed by atoms with Crippen LogP contribution in [0, 0.1) is 0 Å². The minimum atomic E-state index is 0.0396. The molecule has 2 aromatic rings. The van der Waals surface area contributed by atoms with E-state index in [9.17, 15) is 4.79 Å². The molecule has 3 nitrogen and oxygen atoms in total. The van der Waals surface area contributed by atoms with Crippen molar-refractivity contribution in [2.75, 3.05) is 6.54 Å². The molecule has 1 unspecified atom stereocenters. The van der Waals surface area contributed by atoms with E-state index in [1.165, 1.54) is 5.56 Å².